The zero-order valence-electron chi connectivity index (χ0n) is 54.9. The van der Waals surface area contributed by atoms with Crippen molar-refractivity contribution >= 4 is 56.8 Å². The van der Waals surface area contributed by atoms with Crippen molar-refractivity contribution in [1.82, 2.24) is 18.6 Å². The number of hydrogen-bond donors (Lipinski definition) is 0. The molecule has 0 spiro atoms. The molecule has 9 aromatic carbocycles. The Kier molecular flexibility index (Phi) is 9.35. The number of nitrogens with zero attached hydrogens (tertiary/aromatic N) is 5. The topological polar surface area (TPSA) is 40.1 Å². The van der Waals surface area contributed by atoms with Gasteiger partial charge in [0, 0.05) is 16.3 Å². The molecular weight excluding hydrogens is 1130 g/mol. The standard InChI is InChI=1S/C70H60BN5O.Pt/c1-46-37-65(75-64-36-22-32-60-59-29-17-18-33-61(59)76(68(60)64)71(75)53-26-13-10-14-27-53)72-66(38-46)77-55-42-50(56-28-16-15-23-47(56)2)41-54(44-55)73-45-74(63-35-20-19-34-62(63)73)67-57(48-24-11-9-12-25-48)30-21-31-58(67)49-39-51(69(3,4)5)43-52(40-49)70(6,7)8;/h9-44H,1-8H3;/i1D3,2D3,9D,11D,12D,24D,25D;. The van der Waals surface area contributed by atoms with Gasteiger partial charge in [-0.2, -0.15) is 0 Å². The van der Waals surface area contributed by atoms with Crippen molar-refractivity contribution in [2.45, 2.75) is 66.1 Å². The van der Waals surface area contributed by atoms with Gasteiger partial charge in [-0.05, 0) is 6.07 Å². The molecular formula is C70H60BN5OPt. The number of pyridine rings is 1. The molecule has 0 saturated heterocycles. The Morgan fingerprint density at radius 2 is 1.18 bits per heavy atom. The van der Waals surface area contributed by atoms with E-state index < -0.39 is 38.8 Å². The van der Waals surface area contributed by atoms with Gasteiger partial charge < -0.3 is 0 Å². The number of imidazole rings is 1. The number of hydrogen-bond acceptors (Lipinski definition) is 3. The number of anilines is 2. The third-order valence-corrected chi connectivity index (χ3v) is 15.9. The second kappa shape index (κ2) is 19.0. The molecule has 0 aliphatic carbocycles. The summed E-state index contributed by atoms with van der Waals surface area (Å²) in [5, 5.41) is 2.13. The second-order valence-electron chi connectivity index (χ2n) is 22.0. The summed E-state index contributed by atoms with van der Waals surface area (Å²) in [6.07, 6.45) is 0. The van der Waals surface area contributed by atoms with Crippen molar-refractivity contribution in [3.63, 3.8) is 0 Å². The molecule has 0 saturated carbocycles. The van der Waals surface area contributed by atoms with Crippen molar-refractivity contribution in [1.29, 1.82) is 0 Å². The molecule has 0 bridgehead atoms. The Hall–Kier alpha value is -8.25. The maximum absolute atomic E-state index is 9.43. The van der Waals surface area contributed by atoms with Crippen molar-refractivity contribution in [3.05, 3.63) is 244 Å². The van der Waals surface area contributed by atoms with Crippen molar-refractivity contribution in [2.75, 3.05) is 4.81 Å². The molecule has 0 radical (unpaired) electrons. The third-order valence-electron chi connectivity index (χ3n) is 14.9. The van der Waals surface area contributed by atoms with Gasteiger partial charge in [0.25, 0.3) is 0 Å². The molecule has 78 heavy (non-hydrogen) atoms. The molecule has 0 atom stereocenters. The summed E-state index contributed by atoms with van der Waals surface area (Å²) in [6, 6.07) is 57.6. The van der Waals surface area contributed by atoms with Crippen LogP contribution in [0.4, 0.5) is 11.5 Å². The summed E-state index contributed by atoms with van der Waals surface area (Å²) in [7, 11) is 0. The van der Waals surface area contributed by atoms with Crippen LogP contribution in [-0.2, 0) is 30.2 Å². The summed E-state index contributed by atoms with van der Waals surface area (Å²) in [6.45, 7) is 7.39. The van der Waals surface area contributed by atoms with Crippen LogP contribution in [0.3, 0.4) is 0 Å². The van der Waals surface area contributed by atoms with Gasteiger partial charge in [-0.3, -0.25) is 0 Å². The van der Waals surface area contributed by atoms with Gasteiger partial charge in [-0.1, -0.05) is 60.7 Å². The van der Waals surface area contributed by atoms with Crippen molar-refractivity contribution < 1.29 is 39.2 Å². The third kappa shape index (κ3) is 8.47. The Bertz CT molecular complexity index is 4880. The molecule has 1 aliphatic heterocycles. The SMILES string of the molecule is [2H]c1c([2H])c([2H])c(-c2cccc(-c3cc(C(C)(C)C)cc(C(C)(C)C)c3)c2-n2[c](=[Pt])n(-c3cc(Oc4cc(C([2H])([2H])[2H])cc(N5B(c6ccccc6)n6c7ccccc7c7cccc5c76)n4)cc(-c4ccccc4C([2H])([2H])[2H])c3)c3ccccc32)c([2H])c1[2H]. The monoisotopic (exact) mass is 1200 g/mol. The average molecular weight is 1200 g/mol. The van der Waals surface area contributed by atoms with Crippen molar-refractivity contribution in [2.24, 2.45) is 0 Å². The van der Waals surface area contributed by atoms with Crippen LogP contribution in [-0.4, -0.2) is 25.6 Å². The summed E-state index contributed by atoms with van der Waals surface area (Å²) in [4.78, 5) is 7.29. The van der Waals surface area contributed by atoms with E-state index in [4.69, 9.17) is 22.1 Å². The van der Waals surface area contributed by atoms with Gasteiger partial charge in [0.05, 0.1) is 0 Å². The molecule has 384 valence electrons. The quantitative estimate of drug-likeness (QED) is 0.135. The number of rotatable bonds is 9. The Balaban J connectivity index is 1.07. The van der Waals surface area contributed by atoms with Crippen LogP contribution in [0.5, 0.6) is 11.6 Å². The van der Waals surface area contributed by atoms with Crippen LogP contribution in [0.15, 0.2) is 218 Å². The first-order valence-corrected chi connectivity index (χ1v) is 27.2. The zero-order valence-corrected chi connectivity index (χ0v) is 46.2. The van der Waals surface area contributed by atoms with Crippen LogP contribution >= 0.6 is 0 Å². The van der Waals surface area contributed by atoms with Crippen LogP contribution in [0.1, 0.15) is 78.9 Å². The van der Waals surface area contributed by atoms with E-state index in [-0.39, 0.29) is 51.2 Å². The van der Waals surface area contributed by atoms with Crippen LogP contribution < -0.4 is 15.0 Å². The van der Waals surface area contributed by atoms with Gasteiger partial charge >= 0.3 is 403 Å². The van der Waals surface area contributed by atoms with Gasteiger partial charge in [0.15, 0.2) is 0 Å². The van der Waals surface area contributed by atoms with E-state index in [0.717, 1.165) is 55.2 Å². The predicted molar refractivity (Wildman–Crippen MR) is 322 cm³/mol. The summed E-state index contributed by atoms with van der Waals surface area (Å²) in [5.41, 5.74) is 10.9. The molecule has 0 unspecified atom stereocenters. The van der Waals surface area contributed by atoms with E-state index in [9.17, 15) is 2.74 Å². The summed E-state index contributed by atoms with van der Waals surface area (Å²) < 4.78 is 112. The number of aryl methyl sites for hydroxylation is 2. The van der Waals surface area contributed by atoms with E-state index in [1.54, 1.807) is 42.5 Å². The van der Waals surface area contributed by atoms with Gasteiger partial charge in [0.1, 0.15) is 0 Å². The molecule has 3 aromatic heterocycles. The zero-order chi connectivity index (χ0) is 63.0. The number of aromatic nitrogens is 4. The Morgan fingerprint density at radius 1 is 0.551 bits per heavy atom. The molecule has 8 heteroatoms. The number of para-hydroxylation sites is 5. The molecule has 4 heterocycles. The Morgan fingerprint density at radius 3 is 1.91 bits per heavy atom. The average Bonchev–Trinajstić information content (AvgIpc) is 1.57. The molecule has 0 fully saturated rings. The van der Waals surface area contributed by atoms with Gasteiger partial charge in [0.2, 0.25) is 0 Å². The minimum absolute atomic E-state index is 0.00890. The number of fused-ring (bicyclic) bond motifs is 4. The first kappa shape index (κ1) is 38.3. The minimum atomic E-state index is -2.61. The fourth-order valence-electron chi connectivity index (χ4n) is 11.2. The fourth-order valence-corrected chi connectivity index (χ4v) is 12.3. The van der Waals surface area contributed by atoms with E-state index in [0.29, 0.717) is 48.7 Å². The molecule has 0 amide bonds. The van der Waals surface area contributed by atoms with E-state index in [1.165, 1.54) is 6.07 Å². The molecule has 1 aliphatic rings. The first-order valence-electron chi connectivity index (χ1n) is 31.6. The molecule has 13 rings (SSSR count). The summed E-state index contributed by atoms with van der Waals surface area (Å²) >= 11 is 2.27. The van der Waals surface area contributed by atoms with Crippen molar-refractivity contribution in [3.8, 4) is 56.4 Å². The van der Waals surface area contributed by atoms with Gasteiger partial charge in [-0.15, -0.1) is 0 Å². The van der Waals surface area contributed by atoms with Crippen LogP contribution in [0.2, 0.25) is 0 Å². The summed E-state index contributed by atoms with van der Waals surface area (Å²) in [5.74, 6) is 0.525. The number of benzene rings is 9. The second-order valence-corrected chi connectivity index (χ2v) is 23.0. The predicted octanol–water partition coefficient (Wildman–Crippen LogP) is 17.4. The van der Waals surface area contributed by atoms with E-state index in [2.05, 4.69) is 123 Å². The van der Waals surface area contributed by atoms with E-state index in [1.807, 2.05) is 95.6 Å². The molecule has 12 aromatic rings. The molecule has 0 N–H and O–H groups in total. The molecule has 6 nitrogen and oxygen atoms in total. The van der Waals surface area contributed by atoms with Crippen LogP contribution in [0, 0.1) is 17.5 Å². The normalized spacial score (nSPS) is 15.0. The number of ether oxygens (including phenoxy) is 1. The van der Waals surface area contributed by atoms with E-state index >= 15 is 0 Å². The van der Waals surface area contributed by atoms with Crippen LogP contribution in [0.25, 0.3) is 77.6 Å². The van der Waals surface area contributed by atoms with Gasteiger partial charge in [-0.25, -0.2) is 0 Å². The fraction of sp³-hybridized carbons (Fsp3) is 0.143. The maximum atomic E-state index is 9.43. The Labute approximate surface area is 483 Å². The first-order chi connectivity index (χ1) is 42.2.